The number of nitrogens with one attached hydrogen (secondary N) is 3. The predicted molar refractivity (Wildman–Crippen MR) is 130 cm³/mol. The molecule has 3 N–H and O–H groups in total. The third kappa shape index (κ3) is 7.96. The zero-order chi connectivity index (χ0) is 30.4. The lowest BCUT2D eigenvalue weighted by molar-refractivity contribution is -0.175. The van der Waals surface area contributed by atoms with E-state index >= 15 is 0 Å². The molecule has 0 spiro atoms. The molecule has 40 heavy (non-hydrogen) atoms. The second-order valence-corrected chi connectivity index (χ2v) is 9.09. The molecule has 2 aromatic rings. The van der Waals surface area contributed by atoms with E-state index in [2.05, 4.69) is 5.32 Å². The molecule has 3 atom stereocenters. The summed E-state index contributed by atoms with van der Waals surface area (Å²) >= 11 is 0. The van der Waals surface area contributed by atoms with Gasteiger partial charge in [0.1, 0.15) is 23.7 Å². The lowest BCUT2D eigenvalue weighted by atomic mass is 9.97. The molecule has 0 aromatic heterocycles. The molecule has 0 bridgehead atoms. The van der Waals surface area contributed by atoms with E-state index in [1.165, 1.54) is 45.2 Å². The number of rotatable bonds is 11. The number of hydrogen-bond acceptors (Lipinski definition) is 5. The van der Waals surface area contributed by atoms with Gasteiger partial charge in [0.15, 0.2) is 0 Å². The van der Waals surface area contributed by atoms with Crippen molar-refractivity contribution in [1.29, 1.82) is 0 Å². The molecule has 0 saturated heterocycles. The highest BCUT2D eigenvalue weighted by atomic mass is 19.4. The van der Waals surface area contributed by atoms with E-state index in [1.54, 1.807) is 5.32 Å². The Morgan fingerprint density at radius 1 is 0.825 bits per heavy atom. The van der Waals surface area contributed by atoms with Gasteiger partial charge in [-0.05, 0) is 42.7 Å². The summed E-state index contributed by atoms with van der Waals surface area (Å²) in [6.45, 7) is 3.56. The molecule has 0 unspecified atom stereocenters. The lowest BCUT2D eigenvalue weighted by Crippen LogP contribution is -2.55. The summed E-state index contributed by atoms with van der Waals surface area (Å²) in [4.78, 5) is 50.0. The van der Waals surface area contributed by atoms with E-state index in [4.69, 9.17) is 4.74 Å². The van der Waals surface area contributed by atoms with E-state index in [0.717, 1.165) is 25.1 Å². The second-order valence-electron chi connectivity index (χ2n) is 9.09. The fraction of sp³-hybridized carbons (Fsp3) is 0.385. The van der Waals surface area contributed by atoms with Crippen LogP contribution in [0.2, 0.25) is 0 Å². The Morgan fingerprint density at radius 2 is 1.43 bits per heavy atom. The van der Waals surface area contributed by atoms with Gasteiger partial charge in [-0.2, -0.15) is 22.0 Å². The van der Waals surface area contributed by atoms with Gasteiger partial charge >= 0.3 is 12.1 Å². The molecule has 14 heteroatoms. The number of benzene rings is 2. The molecule has 0 aliphatic heterocycles. The van der Waals surface area contributed by atoms with E-state index in [-0.39, 0.29) is 5.56 Å². The van der Waals surface area contributed by atoms with Gasteiger partial charge in [-0.1, -0.05) is 38.1 Å². The van der Waals surface area contributed by atoms with Crippen molar-refractivity contribution in [2.45, 2.75) is 51.0 Å². The largest absolute Gasteiger partial charge is 0.497 e. The number of alkyl halides is 5. The minimum atomic E-state index is -5.26. The summed E-state index contributed by atoms with van der Waals surface area (Å²) in [5.74, 6) is -12.4. The molecule has 0 fully saturated rings. The smallest absolute Gasteiger partial charge is 0.452 e. The molecular weight excluding hydrogens is 548 g/mol. The van der Waals surface area contributed by atoms with Gasteiger partial charge in [0.2, 0.25) is 11.8 Å². The number of methoxy groups -OCH3 is 1. The van der Waals surface area contributed by atoms with Crippen LogP contribution in [0, 0.1) is 11.7 Å². The first kappa shape index (κ1) is 32.1. The number of halogens is 6. The van der Waals surface area contributed by atoms with Crippen LogP contribution in [0.4, 0.5) is 26.3 Å². The van der Waals surface area contributed by atoms with Crippen LogP contribution in [0.3, 0.4) is 0 Å². The van der Waals surface area contributed by atoms with Crippen LogP contribution in [0.1, 0.15) is 37.9 Å². The number of carbonyl (C=O) groups is 4. The maximum atomic E-state index is 14.6. The van der Waals surface area contributed by atoms with Crippen molar-refractivity contribution in [2.75, 3.05) is 7.11 Å². The monoisotopic (exact) mass is 575 g/mol. The number of ketones is 1. The Kier molecular flexibility index (Phi) is 10.3. The minimum Gasteiger partial charge on any atom is -0.497 e. The van der Waals surface area contributed by atoms with Gasteiger partial charge < -0.3 is 20.7 Å². The highest BCUT2D eigenvalue weighted by Gasteiger charge is 2.46. The Labute approximate surface area is 225 Å². The van der Waals surface area contributed by atoms with Gasteiger partial charge in [0.05, 0.1) is 13.2 Å². The highest BCUT2D eigenvalue weighted by Crippen LogP contribution is 2.29. The van der Waals surface area contributed by atoms with Crippen LogP contribution in [0.5, 0.6) is 5.75 Å². The topological polar surface area (TPSA) is 114 Å². The van der Waals surface area contributed by atoms with Gasteiger partial charge in [0, 0.05) is 5.56 Å². The van der Waals surface area contributed by atoms with E-state index < -0.39 is 71.0 Å². The first-order valence-electron chi connectivity index (χ1n) is 11.8. The summed E-state index contributed by atoms with van der Waals surface area (Å²) in [6, 6.07) is 3.11. The quantitative estimate of drug-likeness (QED) is 0.355. The molecule has 0 heterocycles. The predicted octanol–water partition coefficient (Wildman–Crippen LogP) is 3.56. The van der Waals surface area contributed by atoms with Crippen molar-refractivity contribution in [3.63, 3.8) is 0 Å². The zero-order valence-electron chi connectivity index (χ0n) is 21.7. The van der Waals surface area contributed by atoms with Crippen molar-refractivity contribution >= 4 is 23.5 Å². The molecule has 0 aliphatic carbocycles. The summed E-state index contributed by atoms with van der Waals surface area (Å²) in [6.07, 6.45) is -5.26. The van der Waals surface area contributed by atoms with Crippen LogP contribution in [0.25, 0.3) is 0 Å². The number of ether oxygens (including phenoxy) is 1. The van der Waals surface area contributed by atoms with E-state index in [0.29, 0.717) is 11.8 Å². The van der Waals surface area contributed by atoms with E-state index in [1.807, 2.05) is 5.32 Å². The highest BCUT2D eigenvalue weighted by molar-refractivity contribution is 5.97. The van der Waals surface area contributed by atoms with Gasteiger partial charge in [0.25, 0.3) is 11.7 Å². The molecule has 2 aromatic carbocycles. The van der Waals surface area contributed by atoms with Crippen LogP contribution in [-0.4, -0.2) is 48.9 Å². The van der Waals surface area contributed by atoms with Crippen molar-refractivity contribution in [3.05, 3.63) is 65.5 Å². The number of hydrogen-bond donors (Lipinski definition) is 3. The molecule has 8 nitrogen and oxygen atoms in total. The molecular formula is C26H27F6N3O5. The van der Waals surface area contributed by atoms with Crippen LogP contribution in [0.15, 0.2) is 48.5 Å². The van der Waals surface area contributed by atoms with Crippen LogP contribution < -0.4 is 20.7 Å². The van der Waals surface area contributed by atoms with Crippen LogP contribution in [-0.2, 0) is 25.1 Å². The number of carbonyl (C=O) groups excluding carboxylic acids is 4. The summed E-state index contributed by atoms with van der Waals surface area (Å²) in [7, 11) is 1.35. The first-order chi connectivity index (χ1) is 18.5. The normalized spacial score (nSPS) is 14.1. The molecule has 0 aliphatic rings. The lowest BCUT2D eigenvalue weighted by Gasteiger charge is -2.27. The fourth-order valence-corrected chi connectivity index (χ4v) is 3.48. The Hall–Kier alpha value is -4.10. The van der Waals surface area contributed by atoms with Crippen LogP contribution >= 0.6 is 0 Å². The van der Waals surface area contributed by atoms with Crippen molar-refractivity contribution in [3.8, 4) is 5.75 Å². The van der Waals surface area contributed by atoms with Crippen molar-refractivity contribution in [1.82, 2.24) is 16.0 Å². The molecule has 3 amide bonds. The Balaban J connectivity index is 2.29. The third-order valence-electron chi connectivity index (χ3n) is 5.74. The summed E-state index contributed by atoms with van der Waals surface area (Å²) in [5.41, 5.74) is -0.931. The maximum Gasteiger partial charge on any atom is 0.452 e. The van der Waals surface area contributed by atoms with Crippen molar-refractivity contribution in [2.24, 2.45) is 5.92 Å². The zero-order valence-corrected chi connectivity index (χ0v) is 21.7. The molecule has 0 radical (unpaired) electrons. The first-order valence-corrected chi connectivity index (χ1v) is 11.8. The summed E-state index contributed by atoms with van der Waals surface area (Å²) in [5, 5.41) is 5.95. The summed E-state index contributed by atoms with van der Waals surface area (Å²) < 4.78 is 86.8. The molecule has 0 saturated carbocycles. The second kappa shape index (κ2) is 12.8. The third-order valence-corrected chi connectivity index (χ3v) is 5.74. The minimum absolute atomic E-state index is 0.0391. The Morgan fingerprint density at radius 3 is 1.93 bits per heavy atom. The fourth-order valence-electron chi connectivity index (χ4n) is 3.48. The average molecular weight is 576 g/mol. The molecule has 2 rings (SSSR count). The maximum absolute atomic E-state index is 14.6. The standard InChI is InChI=1S/C26H27F6N3O5/c1-13(2)19(21(36)26(30,31)32)34-23(38)20(15-8-10-18(40-4)11-9-15)35-22(37)14(3)33-24(39)25(28,29)16-6-5-7-17(27)12-16/h5-14,19-20H,1-4H3,(H,33,39)(H,34,38)(H,35,37)/t14-,19-,20-/m0/s1. The van der Waals surface area contributed by atoms with Crippen molar-refractivity contribution < 1.29 is 50.3 Å². The van der Waals surface area contributed by atoms with Gasteiger partial charge in [-0.3, -0.25) is 19.2 Å². The van der Waals surface area contributed by atoms with Gasteiger partial charge in [-0.25, -0.2) is 4.39 Å². The molecule has 218 valence electrons. The Bertz CT molecular complexity index is 1230. The number of Topliss-reactive ketones (excluding diaryl/α,β-unsaturated/α-hetero) is 1. The number of amides is 3. The van der Waals surface area contributed by atoms with Gasteiger partial charge in [-0.15, -0.1) is 0 Å². The SMILES string of the molecule is COc1ccc([C@H](NC(=O)[C@H](C)NC(=O)C(F)(F)c2cccc(F)c2)C(=O)N[C@H](C(=O)C(F)(F)F)C(C)C)cc1. The van der Waals surface area contributed by atoms with E-state index in [9.17, 15) is 45.5 Å². The average Bonchev–Trinajstić information content (AvgIpc) is 2.88.